The SMILES string of the molecule is CN1CCN(CCC2=CC(c3ccccc3Cl)C=C(CCN3CCN(C)CC3)N2C)CC1. The Bertz CT molecular complexity index is 762. The highest BCUT2D eigenvalue weighted by atomic mass is 35.5. The summed E-state index contributed by atoms with van der Waals surface area (Å²) in [7, 11) is 6.70. The van der Waals surface area contributed by atoms with E-state index in [-0.39, 0.29) is 5.92 Å². The smallest absolute Gasteiger partial charge is 0.0447 e. The standard InChI is InChI=1S/C26H40ClN5/c1-28-12-16-31(17-13-28)10-8-23-20-22(25-6-4-5-7-26(25)27)21-24(30(23)3)9-11-32-18-14-29(2)15-19-32/h4-7,20-22H,8-19H2,1-3H3. The number of allylic oxidation sites excluding steroid dienone is 2. The maximum Gasteiger partial charge on any atom is 0.0447 e. The molecule has 0 N–H and O–H groups in total. The largest absolute Gasteiger partial charge is 0.352 e. The van der Waals surface area contributed by atoms with Gasteiger partial charge < -0.3 is 24.5 Å². The van der Waals surface area contributed by atoms with E-state index in [0.29, 0.717) is 0 Å². The molecule has 32 heavy (non-hydrogen) atoms. The predicted molar refractivity (Wildman–Crippen MR) is 135 cm³/mol. The van der Waals surface area contributed by atoms with Crippen molar-refractivity contribution in [2.75, 3.05) is 86.6 Å². The van der Waals surface area contributed by atoms with Crippen LogP contribution < -0.4 is 0 Å². The van der Waals surface area contributed by atoms with Crippen molar-refractivity contribution in [3.8, 4) is 0 Å². The molecule has 0 unspecified atom stereocenters. The highest BCUT2D eigenvalue weighted by Gasteiger charge is 2.24. The molecule has 5 nitrogen and oxygen atoms in total. The Morgan fingerprint density at radius 1 is 0.719 bits per heavy atom. The Hall–Kier alpha value is -1.37. The van der Waals surface area contributed by atoms with Gasteiger partial charge in [-0.05, 0) is 25.7 Å². The number of likely N-dealkylation sites (N-methyl/N-ethyl adjacent to an activating group) is 2. The van der Waals surface area contributed by atoms with Gasteiger partial charge in [-0.3, -0.25) is 0 Å². The zero-order valence-corrected chi connectivity index (χ0v) is 20.9. The molecule has 3 aliphatic rings. The number of nitrogens with zero attached hydrogens (tertiary/aromatic N) is 5. The second kappa shape index (κ2) is 11.2. The first-order valence-corrected chi connectivity index (χ1v) is 12.6. The minimum Gasteiger partial charge on any atom is -0.352 e. The lowest BCUT2D eigenvalue weighted by Crippen LogP contribution is -2.45. The molecule has 1 aromatic carbocycles. The molecule has 1 aromatic rings. The summed E-state index contributed by atoms with van der Waals surface area (Å²) in [6, 6.07) is 8.33. The Labute approximate surface area is 199 Å². The van der Waals surface area contributed by atoms with Crippen LogP contribution >= 0.6 is 11.6 Å². The molecule has 2 saturated heterocycles. The lowest BCUT2D eigenvalue weighted by Gasteiger charge is -2.37. The van der Waals surface area contributed by atoms with E-state index in [2.05, 4.69) is 69.9 Å². The second-order valence-corrected chi connectivity index (χ2v) is 10.1. The summed E-state index contributed by atoms with van der Waals surface area (Å²) < 4.78 is 0. The zero-order valence-electron chi connectivity index (χ0n) is 20.1. The van der Waals surface area contributed by atoms with Crippen LogP contribution in [-0.2, 0) is 0 Å². The highest BCUT2D eigenvalue weighted by molar-refractivity contribution is 6.31. The third-order valence-corrected chi connectivity index (χ3v) is 7.77. The molecule has 2 fully saturated rings. The topological polar surface area (TPSA) is 16.2 Å². The third kappa shape index (κ3) is 6.15. The van der Waals surface area contributed by atoms with Gasteiger partial charge in [0, 0.05) is 108 Å². The van der Waals surface area contributed by atoms with Crippen LogP contribution in [0, 0.1) is 0 Å². The molecule has 0 atom stereocenters. The summed E-state index contributed by atoms with van der Waals surface area (Å²) in [4.78, 5) is 12.5. The molecule has 0 aromatic heterocycles. The fourth-order valence-corrected chi connectivity index (χ4v) is 5.25. The minimum absolute atomic E-state index is 0.255. The van der Waals surface area contributed by atoms with Gasteiger partial charge in [-0.1, -0.05) is 42.0 Å². The zero-order chi connectivity index (χ0) is 22.5. The van der Waals surface area contributed by atoms with E-state index < -0.39 is 0 Å². The molecule has 6 heteroatoms. The van der Waals surface area contributed by atoms with Crippen LogP contribution in [0.2, 0.25) is 5.02 Å². The first-order chi connectivity index (χ1) is 15.5. The van der Waals surface area contributed by atoms with E-state index in [1.54, 1.807) is 0 Å². The van der Waals surface area contributed by atoms with Crippen molar-refractivity contribution >= 4 is 11.6 Å². The van der Waals surface area contributed by atoms with Gasteiger partial charge in [0.2, 0.25) is 0 Å². The Balaban J connectivity index is 1.45. The molecule has 176 valence electrons. The van der Waals surface area contributed by atoms with Crippen LogP contribution in [-0.4, -0.2) is 111 Å². The van der Waals surface area contributed by atoms with Crippen LogP contribution in [0.4, 0.5) is 0 Å². The van der Waals surface area contributed by atoms with Crippen molar-refractivity contribution in [2.24, 2.45) is 0 Å². The number of rotatable bonds is 7. The van der Waals surface area contributed by atoms with Gasteiger partial charge in [0.15, 0.2) is 0 Å². The number of piperazine rings is 2. The summed E-state index contributed by atoms with van der Waals surface area (Å²) >= 11 is 6.62. The molecule has 0 spiro atoms. The third-order valence-electron chi connectivity index (χ3n) is 7.43. The van der Waals surface area contributed by atoms with Crippen molar-refractivity contribution in [1.29, 1.82) is 0 Å². The quantitative estimate of drug-likeness (QED) is 0.621. The fraction of sp³-hybridized carbons (Fsp3) is 0.615. The van der Waals surface area contributed by atoms with Crippen LogP contribution in [0.1, 0.15) is 24.3 Å². The molecular weight excluding hydrogens is 418 g/mol. The van der Waals surface area contributed by atoms with Crippen molar-refractivity contribution in [2.45, 2.75) is 18.8 Å². The van der Waals surface area contributed by atoms with Gasteiger partial charge in [0.1, 0.15) is 0 Å². The average Bonchev–Trinajstić information content (AvgIpc) is 2.80. The van der Waals surface area contributed by atoms with Gasteiger partial charge >= 0.3 is 0 Å². The predicted octanol–water partition coefficient (Wildman–Crippen LogP) is 3.41. The van der Waals surface area contributed by atoms with Crippen LogP contribution in [0.5, 0.6) is 0 Å². The van der Waals surface area contributed by atoms with E-state index in [0.717, 1.165) is 31.0 Å². The van der Waals surface area contributed by atoms with Gasteiger partial charge in [-0.2, -0.15) is 0 Å². The molecular formula is C26H40ClN5. The summed E-state index contributed by atoms with van der Waals surface area (Å²) in [6.45, 7) is 11.7. The molecule has 0 bridgehead atoms. The Kier molecular flexibility index (Phi) is 8.30. The maximum absolute atomic E-state index is 6.62. The van der Waals surface area contributed by atoms with Crippen molar-refractivity contribution in [1.82, 2.24) is 24.5 Å². The maximum atomic E-state index is 6.62. The van der Waals surface area contributed by atoms with Gasteiger partial charge in [0.25, 0.3) is 0 Å². The van der Waals surface area contributed by atoms with Crippen molar-refractivity contribution in [3.63, 3.8) is 0 Å². The molecule has 4 rings (SSSR count). The van der Waals surface area contributed by atoms with Crippen LogP contribution in [0.25, 0.3) is 0 Å². The van der Waals surface area contributed by atoms with Gasteiger partial charge in [0.05, 0.1) is 0 Å². The lowest BCUT2D eigenvalue weighted by atomic mass is 9.92. The second-order valence-electron chi connectivity index (χ2n) is 9.71. The average molecular weight is 458 g/mol. The Morgan fingerprint density at radius 3 is 1.66 bits per heavy atom. The molecule has 3 aliphatic heterocycles. The monoisotopic (exact) mass is 457 g/mol. The fourth-order valence-electron chi connectivity index (χ4n) is 4.99. The van der Waals surface area contributed by atoms with E-state index >= 15 is 0 Å². The van der Waals surface area contributed by atoms with Crippen LogP contribution in [0.15, 0.2) is 47.8 Å². The van der Waals surface area contributed by atoms with E-state index in [9.17, 15) is 0 Å². The van der Waals surface area contributed by atoms with Gasteiger partial charge in [-0.25, -0.2) is 0 Å². The minimum atomic E-state index is 0.255. The first kappa shape index (κ1) is 23.8. The normalized spacial score (nSPS) is 22.8. The molecule has 3 heterocycles. The summed E-state index contributed by atoms with van der Waals surface area (Å²) in [6.07, 6.45) is 7.06. The van der Waals surface area contributed by atoms with Crippen molar-refractivity contribution < 1.29 is 0 Å². The molecule has 0 saturated carbocycles. The Morgan fingerprint density at radius 2 is 1.19 bits per heavy atom. The highest BCUT2D eigenvalue weighted by Crippen LogP contribution is 2.35. The van der Waals surface area contributed by atoms with E-state index in [1.165, 1.54) is 69.3 Å². The summed E-state index contributed by atoms with van der Waals surface area (Å²) in [5.74, 6) is 0.255. The number of halogens is 1. The summed E-state index contributed by atoms with van der Waals surface area (Å²) in [5, 5.41) is 0.867. The van der Waals surface area contributed by atoms with Gasteiger partial charge in [-0.15, -0.1) is 0 Å². The number of hydrogen-bond acceptors (Lipinski definition) is 5. The number of benzene rings is 1. The lowest BCUT2D eigenvalue weighted by molar-refractivity contribution is 0.150. The van der Waals surface area contributed by atoms with E-state index in [4.69, 9.17) is 11.6 Å². The van der Waals surface area contributed by atoms with Crippen molar-refractivity contribution in [3.05, 3.63) is 58.4 Å². The molecule has 0 amide bonds. The molecule has 0 aliphatic carbocycles. The molecule has 0 radical (unpaired) electrons. The first-order valence-electron chi connectivity index (χ1n) is 12.2. The number of hydrogen-bond donors (Lipinski definition) is 0. The summed E-state index contributed by atoms with van der Waals surface area (Å²) in [5.41, 5.74) is 4.09. The van der Waals surface area contributed by atoms with Crippen LogP contribution in [0.3, 0.4) is 0 Å². The van der Waals surface area contributed by atoms with E-state index in [1.807, 2.05) is 12.1 Å².